The molecule has 5 nitrogen and oxygen atoms in total. The van der Waals surface area contributed by atoms with Crippen LogP contribution in [0.4, 0.5) is 0 Å². The number of amides is 1. The van der Waals surface area contributed by atoms with Crippen LogP contribution in [0.5, 0.6) is 0 Å². The van der Waals surface area contributed by atoms with Gasteiger partial charge in [-0.3, -0.25) is 4.79 Å². The average molecular weight is 348 g/mol. The molecule has 1 aliphatic heterocycles. The van der Waals surface area contributed by atoms with Gasteiger partial charge in [0.1, 0.15) is 5.69 Å². The van der Waals surface area contributed by atoms with Gasteiger partial charge in [-0.15, -0.1) is 0 Å². The fourth-order valence-electron chi connectivity index (χ4n) is 3.75. The van der Waals surface area contributed by atoms with Crippen LogP contribution >= 0.6 is 0 Å². The van der Waals surface area contributed by atoms with Gasteiger partial charge in [-0.1, -0.05) is 30.3 Å². The zero-order valence-electron chi connectivity index (χ0n) is 14.3. The summed E-state index contributed by atoms with van der Waals surface area (Å²) in [4.78, 5) is 26.0. The third kappa shape index (κ3) is 2.96. The number of likely N-dealkylation sites (tertiary alicyclic amines) is 1. The van der Waals surface area contributed by atoms with E-state index in [2.05, 4.69) is 0 Å². The van der Waals surface area contributed by atoms with Gasteiger partial charge < -0.3 is 14.6 Å². The highest BCUT2D eigenvalue weighted by Gasteiger charge is 2.26. The number of aromatic nitrogens is 1. The SMILES string of the molecule is O=C(O)c1cccn1C1CCN(C(=O)c2ccc3ccccc3c2)CC1. The van der Waals surface area contributed by atoms with Gasteiger partial charge in [-0.2, -0.15) is 0 Å². The summed E-state index contributed by atoms with van der Waals surface area (Å²) in [6, 6.07) is 17.3. The molecule has 3 aromatic rings. The summed E-state index contributed by atoms with van der Waals surface area (Å²) in [6.07, 6.45) is 3.33. The van der Waals surface area contributed by atoms with Crippen LogP contribution in [-0.2, 0) is 0 Å². The van der Waals surface area contributed by atoms with Crippen LogP contribution in [-0.4, -0.2) is 39.5 Å². The van der Waals surface area contributed by atoms with Crippen LogP contribution in [0.25, 0.3) is 10.8 Å². The molecule has 132 valence electrons. The highest BCUT2D eigenvalue weighted by molar-refractivity contribution is 5.98. The van der Waals surface area contributed by atoms with Gasteiger partial charge in [0.25, 0.3) is 5.91 Å². The average Bonchev–Trinajstić information content (AvgIpc) is 3.17. The number of carboxylic acid groups (broad SMARTS) is 1. The van der Waals surface area contributed by atoms with Crippen LogP contribution in [0.1, 0.15) is 39.7 Å². The lowest BCUT2D eigenvalue weighted by Crippen LogP contribution is -2.39. The molecule has 0 unspecified atom stereocenters. The van der Waals surface area contributed by atoms with Crippen molar-refractivity contribution in [2.24, 2.45) is 0 Å². The highest BCUT2D eigenvalue weighted by atomic mass is 16.4. The highest BCUT2D eigenvalue weighted by Crippen LogP contribution is 2.26. The molecule has 2 heterocycles. The minimum atomic E-state index is -0.912. The first-order valence-electron chi connectivity index (χ1n) is 8.82. The standard InChI is InChI=1S/C21H20N2O3/c24-20(17-8-7-15-4-1-2-5-16(15)14-17)22-12-9-18(10-13-22)23-11-3-6-19(23)21(25)26/h1-8,11,14,18H,9-10,12-13H2,(H,25,26). The summed E-state index contributed by atoms with van der Waals surface area (Å²) < 4.78 is 1.82. The van der Waals surface area contributed by atoms with Gasteiger partial charge in [0.05, 0.1) is 0 Å². The van der Waals surface area contributed by atoms with Gasteiger partial charge >= 0.3 is 5.97 Å². The van der Waals surface area contributed by atoms with Gasteiger partial charge in [-0.25, -0.2) is 4.79 Å². The molecule has 0 saturated carbocycles. The monoisotopic (exact) mass is 348 g/mol. The van der Waals surface area contributed by atoms with E-state index < -0.39 is 5.97 Å². The van der Waals surface area contributed by atoms with Crippen LogP contribution in [0.15, 0.2) is 60.8 Å². The third-order valence-electron chi connectivity index (χ3n) is 5.14. The van der Waals surface area contributed by atoms with Crippen molar-refractivity contribution in [3.8, 4) is 0 Å². The molecule has 0 aliphatic carbocycles. The lowest BCUT2D eigenvalue weighted by Gasteiger charge is -2.33. The van der Waals surface area contributed by atoms with Gasteiger partial charge in [0.15, 0.2) is 0 Å². The van der Waals surface area contributed by atoms with E-state index in [1.165, 1.54) is 0 Å². The second-order valence-corrected chi connectivity index (χ2v) is 6.69. The molecule has 1 N–H and O–H groups in total. The molecule has 0 atom stereocenters. The normalized spacial score (nSPS) is 15.3. The smallest absolute Gasteiger partial charge is 0.352 e. The zero-order chi connectivity index (χ0) is 18.1. The number of carbonyl (C=O) groups excluding carboxylic acids is 1. The fraction of sp³-hybridized carbons (Fsp3) is 0.238. The van der Waals surface area contributed by atoms with Gasteiger partial charge in [0, 0.05) is 30.9 Å². The quantitative estimate of drug-likeness (QED) is 0.783. The predicted molar refractivity (Wildman–Crippen MR) is 99.5 cm³/mol. The molecule has 1 amide bonds. The maximum absolute atomic E-state index is 12.8. The Hall–Kier alpha value is -3.08. The lowest BCUT2D eigenvalue weighted by atomic mass is 10.0. The van der Waals surface area contributed by atoms with E-state index in [9.17, 15) is 14.7 Å². The van der Waals surface area contributed by atoms with E-state index in [1.54, 1.807) is 12.1 Å². The molecule has 1 aromatic heterocycles. The number of carbonyl (C=O) groups is 2. The molecular formula is C21H20N2O3. The first-order chi connectivity index (χ1) is 12.6. The molecule has 0 radical (unpaired) electrons. The van der Waals surface area contributed by atoms with E-state index in [-0.39, 0.29) is 11.9 Å². The summed E-state index contributed by atoms with van der Waals surface area (Å²) in [5.41, 5.74) is 1.01. The second-order valence-electron chi connectivity index (χ2n) is 6.69. The number of aromatic carboxylic acids is 1. The number of benzene rings is 2. The van der Waals surface area contributed by atoms with Crippen molar-refractivity contribution < 1.29 is 14.7 Å². The molecule has 2 aromatic carbocycles. The van der Waals surface area contributed by atoms with Crippen molar-refractivity contribution in [1.29, 1.82) is 0 Å². The number of hydrogen-bond donors (Lipinski definition) is 1. The van der Waals surface area contributed by atoms with Crippen LogP contribution in [0.3, 0.4) is 0 Å². The number of piperidine rings is 1. The Labute approximate surface area is 151 Å². The number of carboxylic acids is 1. The molecule has 1 saturated heterocycles. The molecule has 4 rings (SSSR count). The van der Waals surface area contributed by atoms with Crippen molar-refractivity contribution in [2.45, 2.75) is 18.9 Å². The van der Waals surface area contributed by atoms with Gasteiger partial charge in [-0.05, 0) is 47.9 Å². The van der Waals surface area contributed by atoms with Gasteiger partial charge in [0.2, 0.25) is 0 Å². The molecule has 0 spiro atoms. The minimum absolute atomic E-state index is 0.0418. The summed E-state index contributed by atoms with van der Waals surface area (Å²) in [7, 11) is 0. The summed E-state index contributed by atoms with van der Waals surface area (Å²) in [5, 5.41) is 11.5. The first kappa shape index (κ1) is 16.4. The van der Waals surface area contributed by atoms with E-state index in [1.807, 2.05) is 58.1 Å². The summed E-state index contributed by atoms with van der Waals surface area (Å²) >= 11 is 0. The van der Waals surface area contributed by atoms with Crippen LogP contribution in [0.2, 0.25) is 0 Å². The Morgan fingerprint density at radius 2 is 1.65 bits per heavy atom. The fourth-order valence-corrected chi connectivity index (χ4v) is 3.75. The number of fused-ring (bicyclic) bond motifs is 1. The van der Waals surface area contributed by atoms with Crippen molar-refractivity contribution in [3.63, 3.8) is 0 Å². The van der Waals surface area contributed by atoms with Crippen molar-refractivity contribution in [3.05, 3.63) is 72.1 Å². The van der Waals surface area contributed by atoms with E-state index >= 15 is 0 Å². The van der Waals surface area contributed by atoms with E-state index in [0.717, 1.165) is 23.6 Å². The molecule has 1 aliphatic rings. The Morgan fingerprint density at radius 1 is 0.923 bits per heavy atom. The van der Waals surface area contributed by atoms with Crippen molar-refractivity contribution >= 4 is 22.6 Å². The molecule has 5 heteroatoms. The van der Waals surface area contributed by atoms with E-state index in [0.29, 0.717) is 24.3 Å². The third-order valence-corrected chi connectivity index (χ3v) is 5.14. The van der Waals surface area contributed by atoms with Crippen LogP contribution < -0.4 is 0 Å². The first-order valence-corrected chi connectivity index (χ1v) is 8.82. The molecule has 1 fully saturated rings. The zero-order valence-corrected chi connectivity index (χ0v) is 14.3. The maximum atomic E-state index is 12.8. The topological polar surface area (TPSA) is 62.5 Å². The lowest BCUT2D eigenvalue weighted by molar-refractivity contribution is 0.0650. The largest absolute Gasteiger partial charge is 0.477 e. The Morgan fingerprint density at radius 3 is 2.38 bits per heavy atom. The number of nitrogens with zero attached hydrogens (tertiary/aromatic N) is 2. The molecule has 26 heavy (non-hydrogen) atoms. The second kappa shape index (κ2) is 6.67. The Balaban J connectivity index is 1.47. The van der Waals surface area contributed by atoms with Crippen molar-refractivity contribution in [1.82, 2.24) is 9.47 Å². The summed E-state index contributed by atoms with van der Waals surface area (Å²) in [6.45, 7) is 1.27. The van der Waals surface area contributed by atoms with E-state index in [4.69, 9.17) is 0 Å². The van der Waals surface area contributed by atoms with Crippen molar-refractivity contribution in [2.75, 3.05) is 13.1 Å². The predicted octanol–water partition coefficient (Wildman–Crippen LogP) is 3.82. The maximum Gasteiger partial charge on any atom is 0.352 e. The number of hydrogen-bond acceptors (Lipinski definition) is 2. The Bertz CT molecular complexity index is 968. The molecular weight excluding hydrogens is 328 g/mol. The minimum Gasteiger partial charge on any atom is -0.477 e. The molecule has 0 bridgehead atoms. The van der Waals surface area contributed by atoms with Crippen LogP contribution in [0, 0.1) is 0 Å². The summed E-state index contributed by atoms with van der Waals surface area (Å²) in [5.74, 6) is -0.871. The Kier molecular flexibility index (Phi) is 4.21. The number of rotatable bonds is 3.